The van der Waals surface area contributed by atoms with E-state index >= 15 is 0 Å². The van der Waals surface area contributed by atoms with Gasteiger partial charge in [-0.2, -0.15) is 0 Å². The third kappa shape index (κ3) is 6.25. The van der Waals surface area contributed by atoms with E-state index in [-0.39, 0.29) is 0 Å². The molecule has 0 aromatic heterocycles. The molecule has 0 saturated heterocycles. The minimum atomic E-state index is 0.306. The largest absolute Gasteiger partial charge is 0.490 e. The molecule has 0 fully saturated rings. The van der Waals surface area contributed by atoms with E-state index < -0.39 is 0 Å². The number of aliphatic hydroxyl groups excluding tert-OH is 1. The molecule has 0 heterocycles. The second kappa shape index (κ2) is 8.98. The summed E-state index contributed by atoms with van der Waals surface area (Å²) in [5.74, 6) is 0.910. The maximum atomic E-state index is 8.60. The van der Waals surface area contributed by atoms with Crippen LogP contribution in [0.25, 0.3) is 0 Å². The van der Waals surface area contributed by atoms with Crippen molar-refractivity contribution in [1.29, 1.82) is 0 Å². The summed E-state index contributed by atoms with van der Waals surface area (Å²) in [5, 5.41) is 8.60. The maximum absolute atomic E-state index is 8.60. The van der Waals surface area contributed by atoms with Crippen LogP contribution in [0.4, 0.5) is 0 Å². The summed E-state index contributed by atoms with van der Waals surface area (Å²) in [6.45, 7) is 0.935. The van der Waals surface area contributed by atoms with Crippen molar-refractivity contribution in [3.63, 3.8) is 0 Å². The summed E-state index contributed by atoms with van der Waals surface area (Å²) < 4.78 is 5.51. The van der Waals surface area contributed by atoms with Crippen LogP contribution in [-0.4, -0.2) is 18.3 Å². The quantitative estimate of drug-likeness (QED) is 0.538. The molecule has 1 aromatic carbocycles. The highest BCUT2D eigenvalue weighted by molar-refractivity contribution is 5.21. The van der Waals surface area contributed by atoms with Gasteiger partial charge < -0.3 is 9.84 Å². The van der Waals surface area contributed by atoms with Crippen LogP contribution in [0.5, 0.6) is 5.75 Å². The van der Waals surface area contributed by atoms with Crippen LogP contribution in [0.3, 0.4) is 0 Å². The van der Waals surface area contributed by atoms with E-state index in [4.69, 9.17) is 9.84 Å². The SMILES string of the molecule is OCCCCC/C=C/COc1ccccc1. The second-order valence-electron chi connectivity index (χ2n) is 3.67. The lowest BCUT2D eigenvalue weighted by Gasteiger charge is -2.01. The van der Waals surface area contributed by atoms with E-state index in [1.54, 1.807) is 0 Å². The second-order valence-corrected chi connectivity index (χ2v) is 3.67. The molecule has 0 aliphatic heterocycles. The summed E-state index contributed by atoms with van der Waals surface area (Å²) in [7, 11) is 0. The number of hydrogen-bond acceptors (Lipinski definition) is 2. The Labute approximate surface area is 97.6 Å². The molecule has 0 unspecified atom stereocenters. The Morgan fingerprint density at radius 3 is 2.56 bits per heavy atom. The van der Waals surface area contributed by atoms with Crippen molar-refractivity contribution in [2.75, 3.05) is 13.2 Å². The van der Waals surface area contributed by atoms with Crippen LogP contribution in [-0.2, 0) is 0 Å². The molecule has 0 aliphatic rings. The third-order valence-corrected chi connectivity index (χ3v) is 2.29. The lowest BCUT2D eigenvalue weighted by Crippen LogP contribution is -1.92. The average Bonchev–Trinajstić information content (AvgIpc) is 2.34. The predicted molar refractivity (Wildman–Crippen MR) is 66.6 cm³/mol. The third-order valence-electron chi connectivity index (χ3n) is 2.29. The van der Waals surface area contributed by atoms with Crippen molar-refractivity contribution in [3.8, 4) is 5.75 Å². The Balaban J connectivity index is 2.00. The van der Waals surface area contributed by atoms with Crippen molar-refractivity contribution in [3.05, 3.63) is 42.5 Å². The minimum Gasteiger partial charge on any atom is -0.490 e. The van der Waals surface area contributed by atoms with E-state index in [1.807, 2.05) is 36.4 Å². The molecule has 0 aliphatic carbocycles. The van der Waals surface area contributed by atoms with Gasteiger partial charge in [-0.15, -0.1) is 0 Å². The number of hydrogen-bond donors (Lipinski definition) is 1. The molecule has 1 N–H and O–H groups in total. The minimum absolute atomic E-state index is 0.306. The fourth-order valence-corrected chi connectivity index (χ4v) is 1.40. The number of para-hydroxylation sites is 1. The molecule has 0 atom stereocenters. The lowest BCUT2D eigenvalue weighted by atomic mass is 10.2. The number of benzene rings is 1. The van der Waals surface area contributed by atoms with Crippen LogP contribution in [0.15, 0.2) is 42.5 Å². The van der Waals surface area contributed by atoms with E-state index in [0.29, 0.717) is 13.2 Å². The zero-order valence-electron chi connectivity index (χ0n) is 9.64. The standard InChI is InChI=1S/C14H20O2/c15-12-8-3-1-2-4-9-13-16-14-10-6-5-7-11-14/h4-7,9-11,15H,1-3,8,12-13H2/b9-4+. The Hall–Kier alpha value is -1.28. The first-order valence-corrected chi connectivity index (χ1v) is 5.87. The Morgan fingerprint density at radius 1 is 1.00 bits per heavy atom. The summed E-state index contributed by atoms with van der Waals surface area (Å²) in [4.78, 5) is 0. The zero-order valence-corrected chi connectivity index (χ0v) is 9.64. The van der Waals surface area contributed by atoms with Gasteiger partial charge in [0.05, 0.1) is 0 Å². The molecule has 0 saturated carbocycles. The van der Waals surface area contributed by atoms with Gasteiger partial charge >= 0.3 is 0 Å². The van der Waals surface area contributed by atoms with Crippen LogP contribution in [0, 0.1) is 0 Å². The van der Waals surface area contributed by atoms with Crippen LogP contribution < -0.4 is 4.74 Å². The van der Waals surface area contributed by atoms with Crippen molar-refractivity contribution < 1.29 is 9.84 Å². The first kappa shape index (κ1) is 12.8. The van der Waals surface area contributed by atoms with Crippen LogP contribution in [0.2, 0.25) is 0 Å². The normalized spacial score (nSPS) is 10.8. The van der Waals surface area contributed by atoms with Gasteiger partial charge in [0.25, 0.3) is 0 Å². The van der Waals surface area contributed by atoms with Crippen LogP contribution in [0.1, 0.15) is 25.7 Å². The molecule has 2 heteroatoms. The van der Waals surface area contributed by atoms with Gasteiger partial charge in [0, 0.05) is 6.61 Å². The maximum Gasteiger partial charge on any atom is 0.119 e. The molecule has 0 spiro atoms. The number of ether oxygens (including phenoxy) is 1. The topological polar surface area (TPSA) is 29.5 Å². The zero-order chi connectivity index (χ0) is 11.5. The van der Waals surface area contributed by atoms with Crippen molar-refractivity contribution in [2.45, 2.75) is 25.7 Å². The highest BCUT2D eigenvalue weighted by Crippen LogP contribution is 2.08. The molecule has 16 heavy (non-hydrogen) atoms. The van der Waals surface area contributed by atoms with Gasteiger partial charge in [-0.3, -0.25) is 0 Å². The van der Waals surface area contributed by atoms with Crippen molar-refractivity contribution >= 4 is 0 Å². The summed E-state index contributed by atoms with van der Waals surface area (Å²) in [5.41, 5.74) is 0. The molecule has 88 valence electrons. The summed E-state index contributed by atoms with van der Waals surface area (Å²) in [6, 6.07) is 9.82. The van der Waals surface area contributed by atoms with Gasteiger partial charge in [-0.25, -0.2) is 0 Å². The number of aliphatic hydroxyl groups is 1. The molecule has 2 nitrogen and oxygen atoms in total. The van der Waals surface area contributed by atoms with Crippen LogP contribution >= 0.6 is 0 Å². The molecule has 0 radical (unpaired) electrons. The van der Waals surface area contributed by atoms with Gasteiger partial charge in [0.15, 0.2) is 0 Å². The van der Waals surface area contributed by atoms with Gasteiger partial charge in [0.1, 0.15) is 12.4 Å². The number of allylic oxidation sites excluding steroid dienone is 1. The van der Waals surface area contributed by atoms with Crippen molar-refractivity contribution in [2.24, 2.45) is 0 Å². The highest BCUT2D eigenvalue weighted by Gasteiger charge is 1.88. The summed E-state index contributed by atoms with van der Waals surface area (Å²) in [6.07, 6.45) is 8.40. The lowest BCUT2D eigenvalue weighted by molar-refractivity contribution is 0.283. The van der Waals surface area contributed by atoms with Crippen molar-refractivity contribution in [1.82, 2.24) is 0 Å². The Bertz CT molecular complexity index is 280. The van der Waals surface area contributed by atoms with E-state index in [2.05, 4.69) is 6.08 Å². The molecular formula is C14H20O2. The molecule has 0 bridgehead atoms. The van der Waals surface area contributed by atoms with Gasteiger partial charge in [0.2, 0.25) is 0 Å². The Morgan fingerprint density at radius 2 is 1.81 bits per heavy atom. The Kier molecular flexibility index (Phi) is 7.18. The number of rotatable bonds is 8. The number of unbranched alkanes of at least 4 members (excludes halogenated alkanes) is 3. The van der Waals surface area contributed by atoms with E-state index in [1.165, 1.54) is 0 Å². The first-order chi connectivity index (χ1) is 7.93. The average molecular weight is 220 g/mol. The van der Waals surface area contributed by atoms with Gasteiger partial charge in [-0.05, 0) is 31.4 Å². The van der Waals surface area contributed by atoms with E-state index in [9.17, 15) is 0 Å². The molecule has 1 aromatic rings. The van der Waals surface area contributed by atoms with Gasteiger partial charge in [-0.1, -0.05) is 36.8 Å². The fourth-order valence-electron chi connectivity index (χ4n) is 1.40. The monoisotopic (exact) mass is 220 g/mol. The molecule has 1 rings (SSSR count). The first-order valence-electron chi connectivity index (χ1n) is 5.87. The predicted octanol–water partition coefficient (Wildman–Crippen LogP) is 3.17. The molecular weight excluding hydrogens is 200 g/mol. The smallest absolute Gasteiger partial charge is 0.119 e. The van der Waals surface area contributed by atoms with E-state index in [0.717, 1.165) is 31.4 Å². The highest BCUT2D eigenvalue weighted by atomic mass is 16.5. The molecule has 0 amide bonds. The fraction of sp³-hybridized carbons (Fsp3) is 0.429. The summed E-state index contributed by atoms with van der Waals surface area (Å²) >= 11 is 0.